The predicted molar refractivity (Wildman–Crippen MR) is 154 cm³/mol. The van der Waals surface area contributed by atoms with Crippen molar-refractivity contribution in [3.8, 4) is 0 Å². The van der Waals surface area contributed by atoms with Crippen LogP contribution in [0, 0.1) is 0 Å². The quantitative estimate of drug-likeness (QED) is 0.289. The first-order valence-corrected chi connectivity index (χ1v) is 14.7. The molecule has 2 N–H and O–H groups in total. The van der Waals surface area contributed by atoms with Crippen LogP contribution in [0.4, 0.5) is 11.5 Å². The fourth-order valence-electron chi connectivity index (χ4n) is 4.58. The summed E-state index contributed by atoms with van der Waals surface area (Å²) in [5.41, 5.74) is 3.14. The van der Waals surface area contributed by atoms with Crippen LogP contribution in [0.1, 0.15) is 35.0 Å². The van der Waals surface area contributed by atoms with E-state index in [2.05, 4.69) is 25.1 Å². The van der Waals surface area contributed by atoms with E-state index in [1.807, 2.05) is 31.3 Å². The standard InChI is InChI=1S/C28H27ClN6O5S/c1-3-23(40-28(37)26-19-6-4-5-7-21(19)31-22-14-15-35(2)16-20(22)26)27(36)30-17-8-10-18(11-9-17)41(38,39)34-25-13-12-24(29)32-33-25/h4-13,23H,3,14-16H2,1-2H3,(H,30,36)(H,33,34). The van der Waals surface area contributed by atoms with Crippen LogP contribution < -0.4 is 10.0 Å². The Hall–Kier alpha value is -4.13. The van der Waals surface area contributed by atoms with Crippen molar-refractivity contribution in [3.05, 3.63) is 82.6 Å². The van der Waals surface area contributed by atoms with Crippen molar-refractivity contribution >= 4 is 55.9 Å². The molecule has 11 nitrogen and oxygen atoms in total. The number of aromatic nitrogens is 3. The number of esters is 1. The molecule has 1 aliphatic heterocycles. The highest BCUT2D eigenvalue weighted by Gasteiger charge is 2.29. The lowest BCUT2D eigenvalue weighted by molar-refractivity contribution is -0.124. The number of amides is 1. The highest BCUT2D eigenvalue weighted by atomic mass is 35.5. The second-order valence-corrected chi connectivity index (χ2v) is 11.6. The molecule has 0 spiro atoms. The Kier molecular flexibility index (Phi) is 8.15. The molecule has 13 heteroatoms. The minimum absolute atomic E-state index is 0.00858. The van der Waals surface area contributed by atoms with Crippen molar-refractivity contribution in [3.63, 3.8) is 0 Å². The molecule has 1 amide bonds. The number of ether oxygens (including phenoxy) is 1. The molecule has 1 atom stereocenters. The summed E-state index contributed by atoms with van der Waals surface area (Å²) < 4.78 is 33.4. The number of anilines is 2. The molecule has 212 valence electrons. The maximum atomic E-state index is 13.5. The van der Waals surface area contributed by atoms with Crippen LogP contribution in [0.2, 0.25) is 5.15 Å². The zero-order valence-corrected chi connectivity index (χ0v) is 23.9. The number of carbonyl (C=O) groups excluding carboxylic acids is 2. The summed E-state index contributed by atoms with van der Waals surface area (Å²) in [7, 11) is -1.97. The summed E-state index contributed by atoms with van der Waals surface area (Å²) in [6.45, 7) is 3.12. The first-order valence-electron chi connectivity index (χ1n) is 12.9. The van der Waals surface area contributed by atoms with Gasteiger partial charge in [0.15, 0.2) is 17.1 Å². The Morgan fingerprint density at radius 3 is 2.54 bits per heavy atom. The van der Waals surface area contributed by atoms with Crippen molar-refractivity contribution < 1.29 is 22.7 Å². The van der Waals surface area contributed by atoms with E-state index in [1.54, 1.807) is 6.92 Å². The highest BCUT2D eigenvalue weighted by molar-refractivity contribution is 7.92. The van der Waals surface area contributed by atoms with Crippen molar-refractivity contribution in [2.24, 2.45) is 0 Å². The van der Waals surface area contributed by atoms with Gasteiger partial charge in [-0.25, -0.2) is 13.2 Å². The number of nitrogens with one attached hydrogen (secondary N) is 2. The summed E-state index contributed by atoms with van der Waals surface area (Å²) in [6.07, 6.45) is -0.121. The fourth-order valence-corrected chi connectivity index (χ4v) is 5.67. The van der Waals surface area contributed by atoms with E-state index in [-0.39, 0.29) is 22.3 Å². The number of hydrogen-bond donors (Lipinski definition) is 2. The molecular weight excluding hydrogens is 568 g/mol. The maximum Gasteiger partial charge on any atom is 0.340 e. The van der Waals surface area contributed by atoms with E-state index in [0.717, 1.165) is 17.8 Å². The van der Waals surface area contributed by atoms with Crippen LogP contribution in [0.3, 0.4) is 0 Å². The number of carbonyl (C=O) groups is 2. The molecule has 0 bridgehead atoms. The number of halogens is 1. The van der Waals surface area contributed by atoms with Gasteiger partial charge in [0.1, 0.15) is 0 Å². The monoisotopic (exact) mass is 594 g/mol. The zero-order chi connectivity index (χ0) is 29.1. The Bertz CT molecular complexity index is 1720. The van der Waals surface area contributed by atoms with Gasteiger partial charge < -0.3 is 15.0 Å². The molecule has 0 saturated carbocycles. The van der Waals surface area contributed by atoms with Crippen molar-refractivity contribution in [2.75, 3.05) is 23.6 Å². The number of nitrogens with zero attached hydrogens (tertiary/aromatic N) is 4. The molecule has 1 aliphatic rings. The van der Waals surface area contributed by atoms with Gasteiger partial charge in [0.25, 0.3) is 15.9 Å². The van der Waals surface area contributed by atoms with Gasteiger partial charge in [-0.1, -0.05) is 36.7 Å². The average molecular weight is 595 g/mol. The lowest BCUT2D eigenvalue weighted by atomic mass is 9.96. The maximum absolute atomic E-state index is 13.5. The number of hydrogen-bond acceptors (Lipinski definition) is 9. The van der Waals surface area contributed by atoms with Gasteiger partial charge in [-0.15, -0.1) is 10.2 Å². The van der Waals surface area contributed by atoms with Gasteiger partial charge in [-0.3, -0.25) is 14.5 Å². The third-order valence-electron chi connectivity index (χ3n) is 6.66. The van der Waals surface area contributed by atoms with Gasteiger partial charge in [-0.05, 0) is 55.9 Å². The SMILES string of the molecule is CCC(OC(=O)c1c2c(nc3ccccc13)CCN(C)C2)C(=O)Nc1ccc(S(=O)(=O)Nc2ccc(Cl)nn2)cc1. The van der Waals surface area contributed by atoms with E-state index >= 15 is 0 Å². The minimum atomic E-state index is -3.95. The molecule has 41 heavy (non-hydrogen) atoms. The number of sulfonamides is 1. The Morgan fingerprint density at radius 1 is 1.07 bits per heavy atom. The number of pyridine rings is 1. The Labute approximate surface area is 241 Å². The summed E-state index contributed by atoms with van der Waals surface area (Å²) in [5.74, 6) is -1.11. The largest absolute Gasteiger partial charge is 0.449 e. The molecule has 2 aromatic carbocycles. The first-order chi connectivity index (χ1) is 19.6. The molecule has 3 heterocycles. The van der Waals surface area contributed by atoms with Gasteiger partial charge in [0.2, 0.25) is 0 Å². The summed E-state index contributed by atoms with van der Waals surface area (Å²) in [6, 6.07) is 15.7. The Morgan fingerprint density at radius 2 is 1.83 bits per heavy atom. The number of para-hydroxylation sites is 1. The van der Waals surface area contributed by atoms with Crippen LogP contribution in [0.25, 0.3) is 10.9 Å². The lowest BCUT2D eigenvalue weighted by Crippen LogP contribution is -2.34. The van der Waals surface area contributed by atoms with E-state index in [0.29, 0.717) is 35.1 Å². The lowest BCUT2D eigenvalue weighted by Gasteiger charge is -2.27. The minimum Gasteiger partial charge on any atom is -0.449 e. The smallest absolute Gasteiger partial charge is 0.340 e. The van der Waals surface area contributed by atoms with E-state index in [9.17, 15) is 18.0 Å². The number of fused-ring (bicyclic) bond motifs is 2. The van der Waals surface area contributed by atoms with Crippen LogP contribution in [-0.2, 0) is 32.5 Å². The van der Waals surface area contributed by atoms with Crippen molar-refractivity contribution in [1.29, 1.82) is 0 Å². The van der Waals surface area contributed by atoms with Crippen LogP contribution in [0.5, 0.6) is 0 Å². The normalized spacial score (nSPS) is 14.2. The van der Waals surface area contributed by atoms with E-state index in [1.165, 1.54) is 36.4 Å². The number of benzene rings is 2. The summed E-state index contributed by atoms with van der Waals surface area (Å²) in [4.78, 5) is 33.5. The average Bonchev–Trinajstić information content (AvgIpc) is 2.96. The molecule has 0 saturated heterocycles. The molecule has 5 rings (SSSR count). The van der Waals surface area contributed by atoms with Gasteiger partial charge in [-0.2, -0.15) is 0 Å². The van der Waals surface area contributed by atoms with Crippen LogP contribution >= 0.6 is 11.6 Å². The third kappa shape index (κ3) is 6.29. The number of likely N-dealkylation sites (N-methyl/N-ethyl adjacent to an activating group) is 1. The number of rotatable bonds is 8. The van der Waals surface area contributed by atoms with E-state index in [4.69, 9.17) is 21.3 Å². The second-order valence-electron chi connectivity index (χ2n) is 9.58. The molecule has 2 aromatic heterocycles. The summed E-state index contributed by atoms with van der Waals surface area (Å²) in [5, 5.41) is 10.8. The van der Waals surface area contributed by atoms with Crippen molar-refractivity contribution in [1.82, 2.24) is 20.1 Å². The molecule has 0 aliphatic carbocycles. The predicted octanol–water partition coefficient (Wildman–Crippen LogP) is 4.04. The van der Waals surface area contributed by atoms with Gasteiger partial charge in [0.05, 0.1) is 16.0 Å². The fraction of sp³-hybridized carbons (Fsp3) is 0.250. The second kappa shape index (κ2) is 11.8. The topological polar surface area (TPSA) is 143 Å². The molecule has 1 unspecified atom stereocenters. The zero-order valence-electron chi connectivity index (χ0n) is 22.3. The van der Waals surface area contributed by atoms with Crippen LogP contribution in [0.15, 0.2) is 65.6 Å². The summed E-state index contributed by atoms with van der Waals surface area (Å²) >= 11 is 5.69. The van der Waals surface area contributed by atoms with Crippen molar-refractivity contribution in [2.45, 2.75) is 37.3 Å². The first kappa shape index (κ1) is 28.4. The molecule has 0 fully saturated rings. The highest BCUT2D eigenvalue weighted by Crippen LogP contribution is 2.29. The van der Waals surface area contributed by atoms with Gasteiger partial charge >= 0.3 is 5.97 Å². The molecular formula is C28H27ClN6O5S. The molecule has 4 aromatic rings. The van der Waals surface area contributed by atoms with Gasteiger partial charge in [0, 0.05) is 41.8 Å². The van der Waals surface area contributed by atoms with Crippen LogP contribution in [-0.4, -0.2) is 60.1 Å². The molecule has 0 radical (unpaired) electrons. The Balaban J connectivity index is 1.31. The van der Waals surface area contributed by atoms with E-state index < -0.39 is 28.0 Å². The third-order valence-corrected chi connectivity index (χ3v) is 8.23.